The maximum Gasteiger partial charge on any atom is 0.134 e. The minimum atomic E-state index is -0.649. The fraction of sp³-hybridized carbons (Fsp3) is 0.545. The van der Waals surface area contributed by atoms with Crippen molar-refractivity contribution in [3.05, 3.63) is 48.0 Å². The van der Waals surface area contributed by atoms with Crippen LogP contribution in [-0.4, -0.2) is 54.6 Å². The molecule has 2 atom stereocenters. The van der Waals surface area contributed by atoms with Gasteiger partial charge in [0.05, 0.1) is 24.2 Å². The Labute approximate surface area is 179 Å². The van der Waals surface area contributed by atoms with E-state index >= 15 is 0 Å². The van der Waals surface area contributed by atoms with Gasteiger partial charge < -0.3 is 31.1 Å². The molecule has 30 heavy (non-hydrogen) atoms. The van der Waals surface area contributed by atoms with E-state index in [4.69, 9.17) is 5.11 Å². The third kappa shape index (κ3) is 11.1. The van der Waals surface area contributed by atoms with Gasteiger partial charge in [-0.3, -0.25) is 9.97 Å². The van der Waals surface area contributed by atoms with E-state index in [9.17, 15) is 15.3 Å². The van der Waals surface area contributed by atoms with E-state index in [1.807, 2.05) is 41.5 Å². The first-order chi connectivity index (χ1) is 13.8. The molecule has 0 saturated carbocycles. The van der Waals surface area contributed by atoms with E-state index in [1.54, 1.807) is 12.3 Å². The second-order valence-electron chi connectivity index (χ2n) is 9.21. The fourth-order valence-corrected chi connectivity index (χ4v) is 2.25. The van der Waals surface area contributed by atoms with Gasteiger partial charge in [0, 0.05) is 35.9 Å². The molecule has 0 aromatic carbocycles. The van der Waals surface area contributed by atoms with Gasteiger partial charge in [-0.15, -0.1) is 0 Å². The van der Waals surface area contributed by atoms with E-state index in [0.29, 0.717) is 24.3 Å². The number of aromatic nitrogens is 2. The van der Waals surface area contributed by atoms with Gasteiger partial charge in [-0.1, -0.05) is 0 Å². The summed E-state index contributed by atoms with van der Waals surface area (Å²) in [4.78, 5) is 7.75. The van der Waals surface area contributed by atoms with Crippen molar-refractivity contribution < 1.29 is 20.4 Å². The first-order valence-electron chi connectivity index (χ1n) is 9.92. The number of aliphatic hydroxyl groups excluding tert-OH is 2. The number of nitrogens with one attached hydrogen (secondary N) is 2. The molecule has 0 amide bonds. The molecular weight excluding hydrogens is 384 g/mol. The highest BCUT2D eigenvalue weighted by molar-refractivity contribution is 5.23. The zero-order valence-electron chi connectivity index (χ0n) is 18.7. The molecule has 0 bridgehead atoms. The second-order valence-corrected chi connectivity index (χ2v) is 9.21. The molecule has 0 saturated heterocycles. The Morgan fingerprint density at radius 3 is 1.83 bits per heavy atom. The molecule has 0 aliphatic heterocycles. The van der Waals surface area contributed by atoms with E-state index in [2.05, 4.69) is 20.6 Å². The van der Waals surface area contributed by atoms with Crippen molar-refractivity contribution in [2.24, 2.45) is 0 Å². The summed E-state index contributed by atoms with van der Waals surface area (Å²) in [5, 5.41) is 44.2. The van der Waals surface area contributed by atoms with Crippen LogP contribution < -0.4 is 10.6 Å². The summed E-state index contributed by atoms with van der Waals surface area (Å²) in [6.45, 7) is 13.1. The smallest absolute Gasteiger partial charge is 0.134 e. The van der Waals surface area contributed by atoms with Crippen LogP contribution in [0, 0.1) is 0 Å². The Balaban J connectivity index is 0.000000300. The predicted molar refractivity (Wildman–Crippen MR) is 117 cm³/mol. The van der Waals surface area contributed by atoms with Gasteiger partial charge in [0.1, 0.15) is 17.6 Å². The third-order valence-electron chi connectivity index (χ3n) is 3.89. The number of hydrogen-bond acceptors (Lipinski definition) is 8. The van der Waals surface area contributed by atoms with Crippen molar-refractivity contribution in [1.29, 1.82) is 0 Å². The molecule has 168 valence electrons. The van der Waals surface area contributed by atoms with Crippen LogP contribution in [0.5, 0.6) is 11.5 Å². The molecule has 2 heterocycles. The van der Waals surface area contributed by atoms with Crippen LogP contribution in [0.3, 0.4) is 0 Å². The van der Waals surface area contributed by atoms with Crippen molar-refractivity contribution in [3.63, 3.8) is 0 Å². The lowest BCUT2D eigenvalue weighted by molar-refractivity contribution is 0.159. The molecular formula is C22H36N4O4. The number of rotatable bonds is 6. The van der Waals surface area contributed by atoms with Gasteiger partial charge in [0.25, 0.3) is 0 Å². The van der Waals surface area contributed by atoms with E-state index in [1.165, 1.54) is 24.5 Å². The summed E-state index contributed by atoms with van der Waals surface area (Å²) in [6, 6.07) is 4.65. The Hall–Kier alpha value is -2.26. The fourth-order valence-electron chi connectivity index (χ4n) is 2.25. The Kier molecular flexibility index (Phi) is 9.64. The number of nitrogens with zero attached hydrogens (tertiary/aromatic N) is 2. The van der Waals surface area contributed by atoms with Crippen molar-refractivity contribution in [2.75, 3.05) is 13.1 Å². The first kappa shape index (κ1) is 25.8. The number of β-amino-alcohol motifs (C(OH)–C–C–N with tert-alkyl or cyclic N) is 2. The van der Waals surface area contributed by atoms with Gasteiger partial charge >= 0.3 is 0 Å². The van der Waals surface area contributed by atoms with Crippen molar-refractivity contribution >= 4 is 0 Å². The molecule has 0 unspecified atom stereocenters. The summed E-state index contributed by atoms with van der Waals surface area (Å²) in [5.41, 5.74) is 1.11. The second kappa shape index (κ2) is 11.2. The molecule has 8 heteroatoms. The molecule has 0 aliphatic rings. The van der Waals surface area contributed by atoms with Crippen LogP contribution >= 0.6 is 0 Å². The topological polar surface area (TPSA) is 131 Å². The maximum atomic E-state index is 9.79. The highest BCUT2D eigenvalue weighted by atomic mass is 16.3. The highest BCUT2D eigenvalue weighted by Gasteiger charge is 2.15. The van der Waals surface area contributed by atoms with Gasteiger partial charge in [-0.2, -0.15) is 0 Å². The van der Waals surface area contributed by atoms with E-state index in [-0.39, 0.29) is 22.6 Å². The minimum Gasteiger partial charge on any atom is -0.506 e. The van der Waals surface area contributed by atoms with Crippen LogP contribution in [0.1, 0.15) is 65.0 Å². The quantitative estimate of drug-likeness (QED) is 0.420. The SMILES string of the molecule is CC(C)(C)NC[C@H](O)c1ccc(O)cn1.CC(C)(C)NC[C@H](O)c1cncc(O)c1. The first-order valence-corrected chi connectivity index (χ1v) is 9.92. The lowest BCUT2D eigenvalue weighted by atomic mass is 10.1. The Morgan fingerprint density at radius 2 is 1.37 bits per heavy atom. The van der Waals surface area contributed by atoms with Gasteiger partial charge in [-0.05, 0) is 59.7 Å². The average molecular weight is 421 g/mol. The zero-order valence-corrected chi connectivity index (χ0v) is 18.7. The van der Waals surface area contributed by atoms with Crippen molar-refractivity contribution in [3.8, 4) is 11.5 Å². The van der Waals surface area contributed by atoms with Crippen LogP contribution in [-0.2, 0) is 0 Å². The van der Waals surface area contributed by atoms with E-state index < -0.39 is 12.2 Å². The number of aliphatic hydroxyl groups is 2. The highest BCUT2D eigenvalue weighted by Crippen LogP contribution is 2.16. The summed E-state index contributed by atoms with van der Waals surface area (Å²) >= 11 is 0. The predicted octanol–water partition coefficient (Wildman–Crippen LogP) is 2.42. The number of hydrogen-bond donors (Lipinski definition) is 6. The monoisotopic (exact) mass is 420 g/mol. The molecule has 2 aromatic heterocycles. The van der Waals surface area contributed by atoms with E-state index in [0.717, 1.165) is 0 Å². The van der Waals surface area contributed by atoms with Crippen LogP contribution in [0.4, 0.5) is 0 Å². The summed E-state index contributed by atoms with van der Waals surface area (Å²) in [5.74, 6) is 0.178. The Morgan fingerprint density at radius 1 is 0.800 bits per heavy atom. The zero-order chi connectivity index (χ0) is 22.9. The van der Waals surface area contributed by atoms with Crippen LogP contribution in [0.25, 0.3) is 0 Å². The number of aromatic hydroxyl groups is 2. The van der Waals surface area contributed by atoms with Crippen LogP contribution in [0.2, 0.25) is 0 Å². The number of pyridine rings is 2. The lowest BCUT2D eigenvalue weighted by Crippen LogP contribution is -2.38. The van der Waals surface area contributed by atoms with Crippen molar-refractivity contribution in [1.82, 2.24) is 20.6 Å². The van der Waals surface area contributed by atoms with Gasteiger partial charge in [0.2, 0.25) is 0 Å². The molecule has 0 aliphatic carbocycles. The van der Waals surface area contributed by atoms with Gasteiger partial charge in [0.15, 0.2) is 0 Å². The standard InChI is InChI=1S/2C11H18N2O2/c1-11(2,3)13-7-10(15)8-4-9(14)6-12-5-8;1-11(2,3)13-7-10(15)9-5-4-8(14)6-12-9/h2*4-6,10,13-15H,7H2,1-3H3/t2*10-/m00/s1. The maximum absolute atomic E-state index is 9.79. The summed E-state index contributed by atoms with van der Waals surface area (Å²) in [6.07, 6.45) is 2.92. The molecule has 6 N–H and O–H groups in total. The molecule has 8 nitrogen and oxygen atoms in total. The van der Waals surface area contributed by atoms with Crippen LogP contribution in [0.15, 0.2) is 36.8 Å². The molecule has 0 spiro atoms. The largest absolute Gasteiger partial charge is 0.506 e. The normalized spacial score (nSPS) is 13.9. The van der Waals surface area contributed by atoms with Crippen molar-refractivity contribution in [2.45, 2.75) is 64.8 Å². The lowest BCUT2D eigenvalue weighted by Gasteiger charge is -2.22. The minimum absolute atomic E-state index is 0.0299. The summed E-state index contributed by atoms with van der Waals surface area (Å²) < 4.78 is 0. The molecule has 2 aromatic rings. The Bertz CT molecular complexity index is 755. The molecule has 0 radical (unpaired) electrons. The van der Waals surface area contributed by atoms with Gasteiger partial charge in [-0.25, -0.2) is 0 Å². The summed E-state index contributed by atoms with van der Waals surface area (Å²) in [7, 11) is 0. The molecule has 2 rings (SSSR count). The molecule has 0 fully saturated rings. The average Bonchev–Trinajstić information content (AvgIpc) is 2.64. The third-order valence-corrected chi connectivity index (χ3v) is 3.89.